The van der Waals surface area contributed by atoms with Gasteiger partial charge in [0.25, 0.3) is 0 Å². The Bertz CT molecular complexity index is 745. The molecule has 2 aliphatic rings. The number of anilines is 1. The number of nitrogens with one attached hydrogen (secondary N) is 2. The second kappa shape index (κ2) is 10.9. The van der Waals surface area contributed by atoms with E-state index >= 15 is 0 Å². The summed E-state index contributed by atoms with van der Waals surface area (Å²) in [7, 11) is 1.71. The molecule has 0 radical (unpaired) electrons. The molecular weight excluding hydrogens is 398 g/mol. The Morgan fingerprint density at radius 1 is 1.20 bits per heavy atom. The van der Waals surface area contributed by atoms with Crippen molar-refractivity contribution in [2.45, 2.75) is 39.5 Å². The van der Waals surface area contributed by atoms with Crippen LogP contribution in [0.4, 0.5) is 5.69 Å². The summed E-state index contributed by atoms with van der Waals surface area (Å²) in [5.41, 5.74) is 2.52. The number of amides is 1. The predicted molar refractivity (Wildman–Crippen MR) is 125 cm³/mol. The van der Waals surface area contributed by atoms with Crippen molar-refractivity contribution in [3.8, 4) is 0 Å². The van der Waals surface area contributed by atoms with E-state index in [1.165, 1.54) is 11.3 Å². The van der Waals surface area contributed by atoms with E-state index in [4.69, 9.17) is 16.6 Å². The number of aryl methyl sites for hydroxylation is 1. The van der Waals surface area contributed by atoms with Gasteiger partial charge in [0.2, 0.25) is 5.91 Å². The van der Waals surface area contributed by atoms with Gasteiger partial charge in [0.15, 0.2) is 5.96 Å². The summed E-state index contributed by atoms with van der Waals surface area (Å²) >= 11 is 6.22. The van der Waals surface area contributed by atoms with Gasteiger partial charge in [0, 0.05) is 63.4 Å². The van der Waals surface area contributed by atoms with Gasteiger partial charge < -0.3 is 20.4 Å². The molecular formula is C23H36ClN5O. The summed E-state index contributed by atoms with van der Waals surface area (Å²) < 4.78 is 0. The van der Waals surface area contributed by atoms with Gasteiger partial charge in [-0.1, -0.05) is 17.7 Å². The third-order valence-corrected chi connectivity index (χ3v) is 6.53. The second-order valence-electron chi connectivity index (χ2n) is 8.53. The average Bonchev–Trinajstić information content (AvgIpc) is 3.22. The molecule has 1 atom stereocenters. The number of hydrogen-bond donors (Lipinski definition) is 2. The van der Waals surface area contributed by atoms with Gasteiger partial charge in [-0.3, -0.25) is 9.79 Å². The van der Waals surface area contributed by atoms with Crippen molar-refractivity contribution in [2.75, 3.05) is 51.2 Å². The fourth-order valence-electron chi connectivity index (χ4n) is 4.48. The Kier molecular flexibility index (Phi) is 8.25. The van der Waals surface area contributed by atoms with Crippen LogP contribution in [0.1, 0.15) is 38.2 Å². The summed E-state index contributed by atoms with van der Waals surface area (Å²) in [6, 6.07) is 6.13. The molecule has 1 aromatic rings. The third-order valence-electron chi connectivity index (χ3n) is 6.30. The van der Waals surface area contributed by atoms with E-state index in [0.29, 0.717) is 18.3 Å². The quantitative estimate of drug-likeness (QED) is 0.534. The first-order chi connectivity index (χ1) is 14.5. The van der Waals surface area contributed by atoms with E-state index in [-0.39, 0.29) is 5.91 Å². The first-order valence-corrected chi connectivity index (χ1v) is 11.6. The van der Waals surface area contributed by atoms with Gasteiger partial charge in [-0.25, -0.2) is 0 Å². The van der Waals surface area contributed by atoms with Crippen LogP contribution in [0.15, 0.2) is 23.2 Å². The first kappa shape index (κ1) is 22.7. The lowest BCUT2D eigenvalue weighted by atomic mass is 9.93. The molecule has 0 aliphatic carbocycles. The smallest absolute Gasteiger partial charge is 0.220 e. The molecule has 166 valence electrons. The molecule has 2 heterocycles. The van der Waals surface area contributed by atoms with Gasteiger partial charge in [-0.2, -0.15) is 0 Å². The molecule has 2 fully saturated rings. The average molecular weight is 434 g/mol. The number of nitrogens with zero attached hydrogens (tertiary/aromatic N) is 3. The minimum Gasteiger partial charge on any atom is -0.371 e. The van der Waals surface area contributed by atoms with E-state index < -0.39 is 0 Å². The highest BCUT2D eigenvalue weighted by Crippen LogP contribution is 2.29. The maximum absolute atomic E-state index is 11.6. The summed E-state index contributed by atoms with van der Waals surface area (Å²) in [5, 5.41) is 7.01. The number of carbonyl (C=O) groups excluding carboxylic acids is 1. The largest absolute Gasteiger partial charge is 0.371 e. The van der Waals surface area contributed by atoms with Crippen LogP contribution in [0.2, 0.25) is 5.02 Å². The maximum atomic E-state index is 11.6. The van der Waals surface area contributed by atoms with Crippen molar-refractivity contribution in [1.29, 1.82) is 0 Å². The van der Waals surface area contributed by atoms with E-state index in [1.807, 2.05) is 6.07 Å². The lowest BCUT2D eigenvalue weighted by Crippen LogP contribution is -2.46. The molecule has 1 aromatic carbocycles. The van der Waals surface area contributed by atoms with Crippen molar-refractivity contribution in [3.63, 3.8) is 0 Å². The molecule has 30 heavy (non-hydrogen) atoms. The molecule has 3 rings (SSSR count). The molecule has 2 saturated heterocycles. The fourth-order valence-corrected chi connectivity index (χ4v) is 4.64. The van der Waals surface area contributed by atoms with Crippen LogP contribution in [0.5, 0.6) is 0 Å². The molecule has 0 aromatic heterocycles. The van der Waals surface area contributed by atoms with E-state index in [2.05, 4.69) is 46.4 Å². The number of aliphatic imine (C=N–C) groups is 1. The molecule has 0 bridgehead atoms. The minimum atomic E-state index is 0.148. The van der Waals surface area contributed by atoms with Crippen molar-refractivity contribution >= 4 is 29.2 Å². The summed E-state index contributed by atoms with van der Waals surface area (Å²) in [6.07, 6.45) is 3.88. The third kappa shape index (κ3) is 6.03. The summed E-state index contributed by atoms with van der Waals surface area (Å²) in [4.78, 5) is 21.4. The zero-order valence-corrected chi connectivity index (χ0v) is 19.3. The number of halogens is 1. The normalized spacial score (nSPS) is 20.5. The molecule has 0 spiro atoms. The highest BCUT2D eigenvalue weighted by atomic mass is 35.5. The topological polar surface area (TPSA) is 60.0 Å². The van der Waals surface area contributed by atoms with E-state index in [9.17, 15) is 4.79 Å². The van der Waals surface area contributed by atoms with Gasteiger partial charge in [-0.15, -0.1) is 0 Å². The van der Waals surface area contributed by atoms with Crippen LogP contribution in [-0.2, 0) is 4.79 Å². The van der Waals surface area contributed by atoms with Crippen LogP contribution in [0.25, 0.3) is 0 Å². The summed E-state index contributed by atoms with van der Waals surface area (Å²) in [5.74, 6) is 2.21. The lowest BCUT2D eigenvalue weighted by Gasteiger charge is -2.34. The highest BCUT2D eigenvalue weighted by molar-refractivity contribution is 6.30. The maximum Gasteiger partial charge on any atom is 0.220 e. The minimum absolute atomic E-state index is 0.148. The van der Waals surface area contributed by atoms with Crippen molar-refractivity contribution in [1.82, 2.24) is 15.5 Å². The van der Waals surface area contributed by atoms with Crippen molar-refractivity contribution in [3.05, 3.63) is 28.8 Å². The van der Waals surface area contributed by atoms with Gasteiger partial charge in [0.1, 0.15) is 0 Å². The first-order valence-electron chi connectivity index (χ1n) is 11.2. The zero-order valence-electron chi connectivity index (χ0n) is 18.6. The molecule has 7 heteroatoms. The van der Waals surface area contributed by atoms with Crippen LogP contribution in [0.3, 0.4) is 0 Å². The number of guanidine groups is 1. The Balaban J connectivity index is 1.54. The molecule has 6 nitrogen and oxygen atoms in total. The Morgan fingerprint density at radius 3 is 2.63 bits per heavy atom. The lowest BCUT2D eigenvalue weighted by molar-refractivity contribution is -0.121. The number of carbonyl (C=O) groups is 1. The SMILES string of the molecule is CCNC(=NCC1CCN(c2cc(Cl)ccc2C)C1)N1CCC(CC(=O)NC)CC1. The molecule has 0 saturated carbocycles. The molecule has 1 unspecified atom stereocenters. The Labute approximate surface area is 186 Å². The molecule has 2 N–H and O–H groups in total. The standard InChI is InChI=1S/C23H36ClN5O/c1-4-26-23(28-10-7-18(8-11-28)13-22(30)25-3)27-15-19-9-12-29(16-19)21-14-20(24)6-5-17(21)2/h5-6,14,18-19H,4,7-13,15-16H2,1-3H3,(H,25,30)(H,26,27). The van der Waals surface area contributed by atoms with Gasteiger partial charge in [-0.05, 0) is 62.6 Å². The van der Waals surface area contributed by atoms with Crippen LogP contribution >= 0.6 is 11.6 Å². The number of likely N-dealkylation sites (tertiary alicyclic amines) is 1. The Hall–Kier alpha value is -1.95. The van der Waals surface area contributed by atoms with Crippen LogP contribution < -0.4 is 15.5 Å². The predicted octanol–water partition coefficient (Wildman–Crippen LogP) is 3.29. The van der Waals surface area contributed by atoms with Gasteiger partial charge >= 0.3 is 0 Å². The number of benzene rings is 1. The number of piperidine rings is 1. The van der Waals surface area contributed by atoms with Crippen molar-refractivity contribution in [2.24, 2.45) is 16.8 Å². The monoisotopic (exact) mass is 433 g/mol. The number of rotatable bonds is 6. The second-order valence-corrected chi connectivity index (χ2v) is 8.97. The zero-order chi connectivity index (χ0) is 21.5. The highest BCUT2D eigenvalue weighted by Gasteiger charge is 2.26. The van der Waals surface area contributed by atoms with Crippen LogP contribution in [0, 0.1) is 18.8 Å². The fraction of sp³-hybridized carbons (Fsp3) is 0.652. The van der Waals surface area contributed by atoms with Crippen LogP contribution in [-0.4, -0.2) is 63.1 Å². The van der Waals surface area contributed by atoms with E-state index in [1.54, 1.807) is 7.05 Å². The Morgan fingerprint density at radius 2 is 1.93 bits per heavy atom. The molecule has 2 aliphatic heterocycles. The van der Waals surface area contributed by atoms with E-state index in [0.717, 1.165) is 69.5 Å². The van der Waals surface area contributed by atoms with Crippen molar-refractivity contribution < 1.29 is 4.79 Å². The number of hydrogen-bond acceptors (Lipinski definition) is 3. The summed E-state index contributed by atoms with van der Waals surface area (Å²) in [6.45, 7) is 9.99. The van der Waals surface area contributed by atoms with Gasteiger partial charge in [0.05, 0.1) is 0 Å². The molecule has 1 amide bonds.